The van der Waals surface area contributed by atoms with E-state index in [0.717, 1.165) is 41.6 Å². The second-order valence-corrected chi connectivity index (χ2v) is 9.36. The molecule has 35 heavy (non-hydrogen) atoms. The Kier molecular flexibility index (Phi) is 8.57. The molecule has 3 aromatic carbocycles. The minimum Gasteiger partial charge on any atom is -0.494 e. The third-order valence-electron chi connectivity index (χ3n) is 7.20. The molecule has 4 nitrogen and oxygen atoms in total. The number of aryl methyl sites for hydroxylation is 1. The number of carboxylic acid groups (broad SMARTS) is 1. The van der Waals surface area contributed by atoms with E-state index in [1.807, 2.05) is 19.9 Å². The second kappa shape index (κ2) is 11.2. The summed E-state index contributed by atoms with van der Waals surface area (Å²) in [5.74, 6) is -0.445. The summed E-state index contributed by atoms with van der Waals surface area (Å²) in [4.78, 5) is 11.9. The molecule has 0 amide bonds. The molecule has 3 aromatic rings. The normalized spacial score (nSPS) is 17.7. The molecular formula is C29H33ClFNO3. The lowest BCUT2D eigenvalue weighted by molar-refractivity contribution is 0.0695. The summed E-state index contributed by atoms with van der Waals surface area (Å²) in [6, 6.07) is 17.6. The van der Waals surface area contributed by atoms with Crippen LogP contribution in [0.4, 0.5) is 4.39 Å². The first-order valence-corrected chi connectivity index (χ1v) is 11.8. The lowest BCUT2D eigenvalue weighted by Crippen LogP contribution is -2.31. The smallest absolute Gasteiger partial charge is 0.336 e. The summed E-state index contributed by atoms with van der Waals surface area (Å²) >= 11 is 0. The van der Waals surface area contributed by atoms with Crippen LogP contribution in [0, 0.1) is 25.6 Å². The summed E-state index contributed by atoms with van der Waals surface area (Å²) in [5, 5.41) is 13.4. The topological polar surface area (TPSA) is 58.6 Å². The highest BCUT2D eigenvalue weighted by Crippen LogP contribution is 2.41. The minimum atomic E-state index is -0.872. The Morgan fingerprint density at radius 1 is 1.14 bits per heavy atom. The number of benzene rings is 3. The summed E-state index contributed by atoms with van der Waals surface area (Å²) in [6.45, 7) is 6.67. The van der Waals surface area contributed by atoms with Crippen molar-refractivity contribution in [2.24, 2.45) is 5.92 Å². The maximum Gasteiger partial charge on any atom is 0.336 e. The van der Waals surface area contributed by atoms with E-state index >= 15 is 0 Å². The van der Waals surface area contributed by atoms with E-state index in [4.69, 9.17) is 4.74 Å². The molecule has 1 aliphatic rings. The fraction of sp³-hybridized carbons (Fsp3) is 0.345. The Morgan fingerprint density at radius 2 is 1.89 bits per heavy atom. The van der Waals surface area contributed by atoms with E-state index in [1.54, 1.807) is 12.1 Å². The average Bonchev–Trinajstić information content (AvgIpc) is 2.82. The molecular weight excluding hydrogens is 465 g/mol. The largest absolute Gasteiger partial charge is 0.494 e. The van der Waals surface area contributed by atoms with Crippen molar-refractivity contribution in [1.82, 2.24) is 5.32 Å². The molecule has 6 heteroatoms. The second-order valence-electron chi connectivity index (χ2n) is 9.36. The van der Waals surface area contributed by atoms with Crippen LogP contribution in [0.15, 0.2) is 54.6 Å². The van der Waals surface area contributed by atoms with Gasteiger partial charge in [0.05, 0.1) is 12.7 Å². The highest BCUT2D eigenvalue weighted by Gasteiger charge is 2.30. The average molecular weight is 498 g/mol. The number of rotatable bonds is 7. The van der Waals surface area contributed by atoms with Crippen LogP contribution in [-0.2, 0) is 6.42 Å². The van der Waals surface area contributed by atoms with Crippen LogP contribution in [0.5, 0.6) is 5.75 Å². The fourth-order valence-corrected chi connectivity index (χ4v) is 5.34. The number of methoxy groups -OCH3 is 1. The number of ether oxygens (including phenoxy) is 1. The monoisotopic (exact) mass is 497 g/mol. The lowest BCUT2D eigenvalue weighted by atomic mass is 9.72. The molecule has 3 atom stereocenters. The molecule has 0 unspecified atom stereocenters. The molecule has 0 bridgehead atoms. The number of aromatic carboxylic acids is 1. The van der Waals surface area contributed by atoms with Crippen molar-refractivity contribution in [3.63, 3.8) is 0 Å². The Bertz CT molecular complexity index is 1210. The standard InChI is InChI=1S/C29H32FNO3.ClH/c1-17-9-11-23(18(2)28(17)29(32)33)25-14-20(13-22-7-5-6-8-24(22)25)16-31-19(3)21-10-12-26(30)27(15-21)34-4;/h5-12,15,19-20,25,31H,13-14,16H2,1-4H3,(H,32,33);1H/t19-,20-,25+;/m1./s1. The van der Waals surface area contributed by atoms with Crippen molar-refractivity contribution < 1.29 is 19.0 Å². The Morgan fingerprint density at radius 3 is 2.60 bits per heavy atom. The van der Waals surface area contributed by atoms with Crippen molar-refractivity contribution in [2.45, 2.75) is 45.6 Å². The van der Waals surface area contributed by atoms with E-state index in [9.17, 15) is 14.3 Å². The lowest BCUT2D eigenvalue weighted by Gasteiger charge is -2.34. The molecule has 186 valence electrons. The van der Waals surface area contributed by atoms with Gasteiger partial charge in [0, 0.05) is 12.0 Å². The van der Waals surface area contributed by atoms with Crippen LogP contribution in [0.3, 0.4) is 0 Å². The molecule has 1 aliphatic carbocycles. The number of hydrogen-bond acceptors (Lipinski definition) is 3. The van der Waals surface area contributed by atoms with Gasteiger partial charge >= 0.3 is 5.97 Å². The predicted octanol–water partition coefficient (Wildman–Crippen LogP) is 6.62. The van der Waals surface area contributed by atoms with E-state index in [2.05, 4.69) is 42.6 Å². The van der Waals surface area contributed by atoms with Crippen molar-refractivity contribution in [3.8, 4) is 5.75 Å². The first kappa shape index (κ1) is 26.7. The van der Waals surface area contributed by atoms with Crippen LogP contribution in [0.1, 0.15) is 69.0 Å². The first-order valence-electron chi connectivity index (χ1n) is 11.8. The number of halogens is 2. The summed E-state index contributed by atoms with van der Waals surface area (Å²) < 4.78 is 18.9. The summed E-state index contributed by atoms with van der Waals surface area (Å²) in [7, 11) is 1.47. The zero-order chi connectivity index (χ0) is 24.4. The van der Waals surface area contributed by atoms with Crippen molar-refractivity contribution >= 4 is 18.4 Å². The SMILES string of the molecule is COc1cc([C@@H](C)NC[C@@H]2Cc3ccccc3[C@H](c3ccc(C)c(C(=O)O)c3C)C2)ccc1F.Cl. The molecule has 0 radical (unpaired) electrons. The molecule has 0 saturated carbocycles. The van der Waals surface area contributed by atoms with E-state index in [0.29, 0.717) is 11.5 Å². The van der Waals surface area contributed by atoms with Gasteiger partial charge < -0.3 is 15.2 Å². The number of nitrogens with one attached hydrogen (secondary N) is 1. The molecule has 0 spiro atoms. The Hall–Kier alpha value is -2.89. The molecule has 0 fully saturated rings. The predicted molar refractivity (Wildman–Crippen MR) is 140 cm³/mol. The van der Waals surface area contributed by atoms with Gasteiger partial charge in [-0.25, -0.2) is 9.18 Å². The number of carbonyl (C=O) groups is 1. The summed E-state index contributed by atoms with van der Waals surface area (Å²) in [5.41, 5.74) is 6.74. The molecule has 0 saturated heterocycles. The zero-order valence-electron chi connectivity index (χ0n) is 20.6. The van der Waals surface area contributed by atoms with Gasteiger partial charge in [-0.3, -0.25) is 0 Å². The minimum absolute atomic E-state index is 0. The van der Waals surface area contributed by atoms with Crippen LogP contribution in [-0.4, -0.2) is 24.7 Å². The molecule has 0 aromatic heterocycles. The van der Waals surface area contributed by atoms with Crippen LogP contribution < -0.4 is 10.1 Å². The van der Waals surface area contributed by atoms with Gasteiger partial charge in [0.15, 0.2) is 11.6 Å². The third-order valence-corrected chi connectivity index (χ3v) is 7.20. The van der Waals surface area contributed by atoms with Gasteiger partial charge in [-0.2, -0.15) is 0 Å². The molecule has 2 N–H and O–H groups in total. The highest BCUT2D eigenvalue weighted by molar-refractivity contribution is 5.91. The van der Waals surface area contributed by atoms with Crippen LogP contribution >= 0.6 is 12.4 Å². The van der Waals surface area contributed by atoms with Crippen LogP contribution in [0.25, 0.3) is 0 Å². The number of hydrogen-bond donors (Lipinski definition) is 2. The van der Waals surface area contributed by atoms with Gasteiger partial charge in [-0.05, 0) is 91.6 Å². The summed E-state index contributed by atoms with van der Waals surface area (Å²) in [6.07, 6.45) is 1.91. The van der Waals surface area contributed by atoms with Gasteiger partial charge in [0.1, 0.15) is 0 Å². The number of carboxylic acids is 1. The van der Waals surface area contributed by atoms with Gasteiger partial charge in [-0.15, -0.1) is 12.4 Å². The number of fused-ring (bicyclic) bond motifs is 1. The highest BCUT2D eigenvalue weighted by atomic mass is 35.5. The van der Waals surface area contributed by atoms with E-state index in [-0.39, 0.29) is 35.9 Å². The molecule has 4 rings (SSSR count). The van der Waals surface area contributed by atoms with Crippen molar-refractivity contribution in [2.75, 3.05) is 13.7 Å². The Balaban J connectivity index is 0.00000342. The first-order chi connectivity index (χ1) is 16.3. The molecule has 0 aliphatic heterocycles. The van der Waals surface area contributed by atoms with Gasteiger partial charge in [0.2, 0.25) is 0 Å². The van der Waals surface area contributed by atoms with Crippen molar-refractivity contribution in [1.29, 1.82) is 0 Å². The maximum atomic E-state index is 13.8. The van der Waals surface area contributed by atoms with E-state index < -0.39 is 5.97 Å². The van der Waals surface area contributed by atoms with E-state index in [1.165, 1.54) is 24.3 Å². The maximum absolute atomic E-state index is 13.8. The third kappa shape index (κ3) is 5.52. The fourth-order valence-electron chi connectivity index (χ4n) is 5.34. The van der Waals surface area contributed by atoms with Gasteiger partial charge in [-0.1, -0.05) is 42.5 Å². The zero-order valence-corrected chi connectivity index (χ0v) is 21.4. The van der Waals surface area contributed by atoms with Gasteiger partial charge in [0.25, 0.3) is 0 Å². The van der Waals surface area contributed by atoms with Crippen LogP contribution in [0.2, 0.25) is 0 Å². The molecule has 0 heterocycles. The van der Waals surface area contributed by atoms with Crippen molar-refractivity contribution in [3.05, 3.63) is 99.4 Å². The quantitative estimate of drug-likeness (QED) is 0.385. The Labute approximate surface area is 212 Å².